The zero-order valence-electron chi connectivity index (χ0n) is 8.65. The SMILES string of the molecule is O=C1N[C@H](c2ccc(F)c(F)c2F)C(F)(F)CO1. The van der Waals surface area contributed by atoms with Gasteiger partial charge >= 0.3 is 12.0 Å². The van der Waals surface area contributed by atoms with Crippen LogP contribution in [0.3, 0.4) is 0 Å². The second-order valence-corrected chi connectivity index (χ2v) is 3.68. The van der Waals surface area contributed by atoms with Crippen molar-refractivity contribution >= 4 is 6.09 Å². The van der Waals surface area contributed by atoms with E-state index >= 15 is 0 Å². The quantitative estimate of drug-likeness (QED) is 0.627. The lowest BCUT2D eigenvalue weighted by Crippen LogP contribution is -2.50. The van der Waals surface area contributed by atoms with Crippen LogP contribution in [0.25, 0.3) is 0 Å². The van der Waals surface area contributed by atoms with Crippen molar-refractivity contribution in [3.63, 3.8) is 0 Å². The normalized spacial score (nSPS) is 22.3. The number of hydrogen-bond donors (Lipinski definition) is 1. The van der Waals surface area contributed by atoms with Gasteiger partial charge < -0.3 is 10.1 Å². The lowest BCUT2D eigenvalue weighted by atomic mass is 9.99. The minimum Gasteiger partial charge on any atom is -0.443 e. The summed E-state index contributed by atoms with van der Waals surface area (Å²) in [7, 11) is 0. The Kier molecular flexibility index (Phi) is 2.88. The van der Waals surface area contributed by atoms with Crippen LogP contribution in [0.15, 0.2) is 12.1 Å². The molecule has 0 spiro atoms. The number of amides is 1. The van der Waals surface area contributed by atoms with Crippen molar-refractivity contribution < 1.29 is 31.5 Å². The minimum atomic E-state index is -3.63. The van der Waals surface area contributed by atoms with E-state index in [2.05, 4.69) is 4.74 Å². The summed E-state index contributed by atoms with van der Waals surface area (Å²) >= 11 is 0. The van der Waals surface area contributed by atoms with Crippen LogP contribution in [0, 0.1) is 17.5 Å². The molecule has 0 aromatic heterocycles. The summed E-state index contributed by atoms with van der Waals surface area (Å²) < 4.78 is 69.9. The molecule has 3 nitrogen and oxygen atoms in total. The number of carbonyl (C=O) groups is 1. The van der Waals surface area contributed by atoms with E-state index in [1.807, 2.05) is 0 Å². The molecule has 1 aromatic carbocycles. The molecule has 2 rings (SSSR count). The Morgan fingerprint density at radius 3 is 2.56 bits per heavy atom. The fourth-order valence-electron chi connectivity index (χ4n) is 1.58. The second-order valence-electron chi connectivity index (χ2n) is 3.68. The van der Waals surface area contributed by atoms with Gasteiger partial charge in [-0.05, 0) is 6.07 Å². The van der Waals surface area contributed by atoms with Gasteiger partial charge in [0.25, 0.3) is 0 Å². The van der Waals surface area contributed by atoms with E-state index in [0.717, 1.165) is 0 Å². The van der Waals surface area contributed by atoms with E-state index in [-0.39, 0.29) is 0 Å². The average molecular weight is 267 g/mol. The molecular weight excluding hydrogens is 261 g/mol. The van der Waals surface area contributed by atoms with E-state index in [9.17, 15) is 26.7 Å². The molecular formula is C10H6F5NO2. The highest BCUT2D eigenvalue weighted by atomic mass is 19.3. The van der Waals surface area contributed by atoms with Crippen molar-refractivity contribution in [2.75, 3.05) is 6.61 Å². The third-order valence-electron chi connectivity index (χ3n) is 2.46. The number of nitrogens with one attached hydrogen (secondary N) is 1. The van der Waals surface area contributed by atoms with Crippen LogP contribution in [0.2, 0.25) is 0 Å². The van der Waals surface area contributed by atoms with Crippen molar-refractivity contribution in [2.24, 2.45) is 0 Å². The molecule has 0 radical (unpaired) electrons. The molecule has 0 aliphatic carbocycles. The average Bonchev–Trinajstić information content (AvgIpc) is 2.30. The van der Waals surface area contributed by atoms with Crippen molar-refractivity contribution in [1.82, 2.24) is 5.32 Å². The maximum Gasteiger partial charge on any atom is 0.408 e. The van der Waals surface area contributed by atoms with Crippen LogP contribution in [0.4, 0.5) is 26.7 Å². The number of halogens is 5. The number of alkyl halides is 2. The van der Waals surface area contributed by atoms with Crippen molar-refractivity contribution in [3.8, 4) is 0 Å². The molecule has 0 saturated carbocycles. The predicted octanol–water partition coefficient (Wildman–Crippen LogP) is 2.52. The standard InChI is InChI=1S/C10H6F5NO2/c11-5-2-1-4(6(12)7(5)13)8-10(14,15)3-18-9(17)16-8/h1-2,8H,3H2,(H,16,17)/t8-/m1/s1. The zero-order valence-corrected chi connectivity index (χ0v) is 8.65. The topological polar surface area (TPSA) is 38.3 Å². The molecule has 1 amide bonds. The molecule has 1 saturated heterocycles. The van der Waals surface area contributed by atoms with Gasteiger partial charge in [-0.2, -0.15) is 0 Å². The molecule has 1 aliphatic heterocycles. The van der Waals surface area contributed by atoms with Crippen LogP contribution >= 0.6 is 0 Å². The Morgan fingerprint density at radius 1 is 1.22 bits per heavy atom. The summed E-state index contributed by atoms with van der Waals surface area (Å²) in [6.45, 7) is -1.26. The maximum atomic E-state index is 13.4. The van der Waals surface area contributed by atoms with Crippen LogP contribution in [0.5, 0.6) is 0 Å². The Morgan fingerprint density at radius 2 is 1.89 bits per heavy atom. The smallest absolute Gasteiger partial charge is 0.408 e. The fourth-order valence-corrected chi connectivity index (χ4v) is 1.58. The van der Waals surface area contributed by atoms with Crippen LogP contribution in [-0.2, 0) is 4.74 Å². The number of carbonyl (C=O) groups excluding carboxylic acids is 1. The highest BCUT2D eigenvalue weighted by Gasteiger charge is 2.48. The van der Waals surface area contributed by atoms with E-state index in [4.69, 9.17) is 0 Å². The number of hydrogen-bond acceptors (Lipinski definition) is 2. The summed E-state index contributed by atoms with van der Waals surface area (Å²) in [6, 6.07) is -0.947. The molecule has 8 heteroatoms. The first kappa shape index (κ1) is 12.6. The Labute approximate surface area is 97.5 Å². The first-order valence-corrected chi connectivity index (χ1v) is 4.77. The minimum absolute atomic E-state index is 0.505. The molecule has 1 heterocycles. The monoisotopic (exact) mass is 267 g/mol. The molecule has 1 aromatic rings. The summed E-state index contributed by atoms with van der Waals surface area (Å²) in [4.78, 5) is 10.8. The predicted molar refractivity (Wildman–Crippen MR) is 48.5 cm³/mol. The van der Waals surface area contributed by atoms with E-state index in [1.54, 1.807) is 5.32 Å². The molecule has 98 valence electrons. The summed E-state index contributed by atoms with van der Waals surface area (Å²) in [5.41, 5.74) is -0.837. The summed E-state index contributed by atoms with van der Waals surface area (Å²) in [6.07, 6.45) is -1.19. The van der Waals surface area contributed by atoms with Crippen LogP contribution < -0.4 is 5.32 Å². The van der Waals surface area contributed by atoms with Gasteiger partial charge in [0.05, 0.1) is 0 Å². The highest BCUT2D eigenvalue weighted by Crippen LogP contribution is 2.36. The Hall–Kier alpha value is -1.86. The van der Waals surface area contributed by atoms with E-state index < -0.39 is 47.7 Å². The zero-order chi connectivity index (χ0) is 13.5. The number of alkyl carbamates (subject to hydrolysis) is 1. The lowest BCUT2D eigenvalue weighted by molar-refractivity contribution is -0.105. The maximum absolute atomic E-state index is 13.4. The Bertz CT molecular complexity index is 505. The number of rotatable bonds is 1. The lowest BCUT2D eigenvalue weighted by Gasteiger charge is -2.31. The third kappa shape index (κ3) is 1.98. The van der Waals surface area contributed by atoms with Gasteiger partial charge in [-0.3, -0.25) is 0 Å². The molecule has 1 aliphatic rings. The summed E-state index contributed by atoms with van der Waals surface area (Å²) in [5, 5.41) is 1.67. The highest BCUT2D eigenvalue weighted by molar-refractivity contribution is 5.69. The van der Waals surface area contributed by atoms with Gasteiger partial charge in [-0.25, -0.2) is 26.7 Å². The summed E-state index contributed by atoms with van der Waals surface area (Å²) in [5.74, 6) is -8.76. The van der Waals surface area contributed by atoms with Gasteiger partial charge in [0, 0.05) is 5.56 Å². The molecule has 0 unspecified atom stereocenters. The largest absolute Gasteiger partial charge is 0.443 e. The van der Waals surface area contributed by atoms with Gasteiger partial charge in [0.15, 0.2) is 24.1 Å². The van der Waals surface area contributed by atoms with Gasteiger partial charge in [0.1, 0.15) is 6.04 Å². The van der Waals surface area contributed by atoms with E-state index in [1.165, 1.54) is 0 Å². The molecule has 0 bridgehead atoms. The van der Waals surface area contributed by atoms with Gasteiger partial charge in [-0.15, -0.1) is 0 Å². The van der Waals surface area contributed by atoms with Gasteiger partial charge in [0.2, 0.25) is 0 Å². The molecule has 1 fully saturated rings. The second kappa shape index (κ2) is 4.11. The first-order valence-electron chi connectivity index (χ1n) is 4.77. The Balaban J connectivity index is 2.47. The molecule has 18 heavy (non-hydrogen) atoms. The number of benzene rings is 1. The van der Waals surface area contributed by atoms with Crippen molar-refractivity contribution in [2.45, 2.75) is 12.0 Å². The molecule has 1 atom stereocenters. The molecule has 1 N–H and O–H groups in total. The van der Waals surface area contributed by atoms with Crippen molar-refractivity contribution in [1.29, 1.82) is 0 Å². The van der Waals surface area contributed by atoms with Gasteiger partial charge in [-0.1, -0.05) is 6.07 Å². The number of ether oxygens (including phenoxy) is 1. The van der Waals surface area contributed by atoms with Crippen LogP contribution in [0.1, 0.15) is 11.6 Å². The fraction of sp³-hybridized carbons (Fsp3) is 0.300. The van der Waals surface area contributed by atoms with E-state index in [0.29, 0.717) is 12.1 Å². The first-order chi connectivity index (χ1) is 8.33. The number of cyclic esters (lactones) is 1. The third-order valence-corrected chi connectivity index (χ3v) is 2.46. The van der Waals surface area contributed by atoms with Crippen LogP contribution in [-0.4, -0.2) is 18.6 Å². The van der Waals surface area contributed by atoms with Crippen molar-refractivity contribution in [3.05, 3.63) is 35.1 Å².